The summed E-state index contributed by atoms with van der Waals surface area (Å²) in [4.78, 5) is 5.66. The van der Waals surface area contributed by atoms with Crippen molar-refractivity contribution in [2.24, 2.45) is 17.3 Å². The van der Waals surface area contributed by atoms with Crippen LogP contribution >= 0.6 is 11.8 Å². The lowest BCUT2D eigenvalue weighted by Gasteiger charge is -2.43. The maximum absolute atomic E-state index is 4.14. The number of rotatable bonds is 2. The molecule has 3 unspecified atom stereocenters. The Morgan fingerprint density at radius 2 is 1.64 bits per heavy atom. The van der Waals surface area contributed by atoms with Gasteiger partial charge in [-0.1, -0.05) is 70.3 Å². The number of allylic oxidation sites excluding steroid dienone is 4. The van der Waals surface area contributed by atoms with Gasteiger partial charge < -0.3 is 4.98 Å². The van der Waals surface area contributed by atoms with Gasteiger partial charge in [-0.15, -0.1) is 11.8 Å². The third-order valence-electron chi connectivity index (χ3n) is 6.79. The van der Waals surface area contributed by atoms with E-state index in [1.807, 2.05) is 0 Å². The first kappa shape index (κ1) is 20.5. The second-order valence-electron chi connectivity index (χ2n) is 11.7. The normalized spacial score (nSPS) is 32.0. The monoisotopic (exact) mass is 411 g/mol. The lowest BCUT2D eigenvalue weighted by atomic mass is 9.76. The molecule has 5 atom stereocenters. The average molecular weight is 412 g/mol. The summed E-state index contributed by atoms with van der Waals surface area (Å²) in [6.45, 7) is 19.2. The third kappa shape index (κ3) is 3.48. The van der Waals surface area contributed by atoms with E-state index in [1.165, 1.54) is 10.5 Å². The van der Waals surface area contributed by atoms with Gasteiger partial charge in [0, 0.05) is 21.6 Å². The Hall–Kier alpha value is -0.773. The van der Waals surface area contributed by atoms with Crippen molar-refractivity contribution < 1.29 is 0 Å². The topological polar surface area (TPSA) is 12.0 Å². The average Bonchev–Trinajstić information content (AvgIpc) is 3.04. The van der Waals surface area contributed by atoms with Crippen LogP contribution in [0.25, 0.3) is 0 Å². The molecule has 1 saturated carbocycles. The molecular formula is C25H37NSSi. The Balaban J connectivity index is 1.80. The zero-order chi connectivity index (χ0) is 20.5. The lowest BCUT2D eigenvalue weighted by Crippen LogP contribution is -2.59. The van der Waals surface area contributed by atoms with E-state index in [0.29, 0.717) is 23.0 Å². The van der Waals surface area contributed by atoms with E-state index in [-0.39, 0.29) is 11.0 Å². The molecule has 0 bridgehead atoms. The van der Waals surface area contributed by atoms with Crippen LogP contribution in [0.1, 0.15) is 53.0 Å². The Morgan fingerprint density at radius 1 is 0.964 bits per heavy atom. The van der Waals surface area contributed by atoms with Crippen LogP contribution in [-0.2, 0) is 0 Å². The van der Waals surface area contributed by atoms with Crippen LogP contribution in [-0.4, -0.2) is 19.0 Å². The van der Waals surface area contributed by atoms with Crippen LogP contribution in [0.3, 0.4) is 0 Å². The highest BCUT2D eigenvalue weighted by molar-refractivity contribution is 8.00. The van der Waals surface area contributed by atoms with E-state index in [4.69, 9.17) is 0 Å². The molecule has 28 heavy (non-hydrogen) atoms. The molecule has 1 heterocycles. The van der Waals surface area contributed by atoms with Crippen molar-refractivity contribution in [3.63, 3.8) is 0 Å². The Morgan fingerprint density at radius 3 is 2.29 bits per heavy atom. The molecule has 0 saturated heterocycles. The van der Waals surface area contributed by atoms with Gasteiger partial charge >= 0.3 is 0 Å². The molecule has 152 valence electrons. The molecule has 0 aromatic heterocycles. The summed E-state index contributed by atoms with van der Waals surface area (Å²) in [5.41, 5.74) is 4.25. The minimum atomic E-state index is -1.68. The molecule has 3 aliphatic rings. The quantitative estimate of drug-likeness (QED) is 0.526. The SMILES string of the molecule is CC(C)(C)N[Si](C)(C)C1[C@@H]2C=C(C(C)(C)C)C=CC2C2c3ccccc3S[C@@H]21. The van der Waals surface area contributed by atoms with Gasteiger partial charge in [0.05, 0.1) is 0 Å². The fourth-order valence-electron chi connectivity index (χ4n) is 6.06. The van der Waals surface area contributed by atoms with Gasteiger partial charge in [-0.25, -0.2) is 0 Å². The summed E-state index contributed by atoms with van der Waals surface area (Å²) in [7, 11) is -1.68. The second-order valence-corrected chi connectivity index (χ2v) is 17.2. The van der Waals surface area contributed by atoms with E-state index < -0.39 is 8.24 Å². The fraction of sp³-hybridized carbons (Fsp3) is 0.600. The number of nitrogens with one attached hydrogen (secondary N) is 1. The van der Waals surface area contributed by atoms with Crippen LogP contribution in [0.4, 0.5) is 0 Å². The maximum atomic E-state index is 4.14. The molecule has 0 spiro atoms. The summed E-state index contributed by atoms with van der Waals surface area (Å²) in [6.07, 6.45) is 7.70. The van der Waals surface area contributed by atoms with E-state index >= 15 is 0 Å². The highest BCUT2D eigenvalue weighted by Gasteiger charge is 2.59. The molecule has 1 aromatic carbocycles. The van der Waals surface area contributed by atoms with Crippen molar-refractivity contribution in [2.45, 2.75) is 81.8 Å². The van der Waals surface area contributed by atoms with E-state index in [1.54, 1.807) is 5.56 Å². The van der Waals surface area contributed by atoms with Gasteiger partial charge in [0.1, 0.15) is 8.24 Å². The summed E-state index contributed by atoms with van der Waals surface area (Å²) in [6, 6.07) is 9.20. The van der Waals surface area contributed by atoms with Crippen molar-refractivity contribution >= 4 is 20.0 Å². The fourth-order valence-corrected chi connectivity index (χ4v) is 13.3. The molecule has 4 rings (SSSR count). The number of benzene rings is 1. The Bertz CT molecular complexity index is 824. The third-order valence-corrected chi connectivity index (χ3v) is 12.3. The van der Waals surface area contributed by atoms with Gasteiger partial charge in [-0.3, -0.25) is 0 Å². The summed E-state index contributed by atoms with van der Waals surface area (Å²) in [5.74, 6) is 1.97. The molecule has 1 fully saturated rings. The van der Waals surface area contributed by atoms with Crippen LogP contribution in [0.15, 0.2) is 53.0 Å². The number of thioether (sulfide) groups is 1. The minimum Gasteiger partial charge on any atom is -0.332 e. The van der Waals surface area contributed by atoms with Crippen LogP contribution in [0, 0.1) is 17.3 Å². The Labute approximate surface area is 177 Å². The van der Waals surface area contributed by atoms with Gasteiger partial charge in [0.25, 0.3) is 0 Å². The van der Waals surface area contributed by atoms with Crippen molar-refractivity contribution in [3.8, 4) is 0 Å². The van der Waals surface area contributed by atoms with Crippen molar-refractivity contribution in [3.05, 3.63) is 53.6 Å². The lowest BCUT2D eigenvalue weighted by molar-refractivity contribution is 0.454. The van der Waals surface area contributed by atoms with Gasteiger partial charge in [-0.05, 0) is 60.8 Å². The van der Waals surface area contributed by atoms with Crippen molar-refractivity contribution in [1.82, 2.24) is 4.98 Å². The summed E-state index contributed by atoms with van der Waals surface area (Å²) in [5, 5.41) is 0.698. The molecule has 2 aliphatic carbocycles. The number of hydrogen-bond acceptors (Lipinski definition) is 2. The van der Waals surface area contributed by atoms with Crippen molar-refractivity contribution in [1.29, 1.82) is 0 Å². The first-order valence-electron chi connectivity index (χ1n) is 10.8. The number of hydrogen-bond donors (Lipinski definition) is 1. The largest absolute Gasteiger partial charge is 0.332 e. The Kier molecular flexibility index (Phi) is 4.84. The smallest absolute Gasteiger partial charge is 0.124 e. The highest BCUT2D eigenvalue weighted by atomic mass is 32.2. The van der Waals surface area contributed by atoms with E-state index in [9.17, 15) is 0 Å². The van der Waals surface area contributed by atoms with Gasteiger partial charge in [0.15, 0.2) is 0 Å². The molecule has 1 nitrogen and oxygen atoms in total. The minimum absolute atomic E-state index is 0.167. The molecule has 1 aliphatic heterocycles. The second kappa shape index (κ2) is 6.62. The summed E-state index contributed by atoms with van der Waals surface area (Å²) < 4.78 is 0. The van der Waals surface area contributed by atoms with Gasteiger partial charge in [-0.2, -0.15) is 0 Å². The first-order chi connectivity index (χ1) is 12.9. The van der Waals surface area contributed by atoms with Crippen LogP contribution in [0.5, 0.6) is 0 Å². The molecule has 1 aromatic rings. The predicted molar refractivity (Wildman–Crippen MR) is 127 cm³/mol. The molecule has 1 N–H and O–H groups in total. The zero-order valence-electron chi connectivity index (χ0n) is 18.8. The first-order valence-corrected chi connectivity index (χ1v) is 14.8. The van der Waals surface area contributed by atoms with E-state index in [0.717, 1.165) is 5.54 Å². The van der Waals surface area contributed by atoms with E-state index in [2.05, 4.69) is 114 Å². The standard InChI is InChI=1S/C25H37NSSi/c1-24(2,3)16-13-14-17-19(15-16)23(28(7,8)26-25(4,5)6)22-21(17)18-11-9-10-12-20(18)27-22/h9-15,17,19,21-23,26H,1-8H3/t17?,19-,21?,22+,23?/m1/s1. The molecular weight excluding hydrogens is 374 g/mol. The maximum Gasteiger partial charge on any atom is 0.124 e. The van der Waals surface area contributed by atoms with Gasteiger partial charge in [0.2, 0.25) is 0 Å². The summed E-state index contributed by atoms with van der Waals surface area (Å²) >= 11 is 2.17. The molecule has 3 heteroatoms. The zero-order valence-corrected chi connectivity index (χ0v) is 20.7. The number of fused-ring (bicyclic) bond motifs is 5. The molecule has 0 amide bonds. The van der Waals surface area contributed by atoms with Crippen LogP contribution in [0.2, 0.25) is 18.6 Å². The highest BCUT2D eigenvalue weighted by Crippen LogP contribution is 2.66. The molecule has 0 radical (unpaired) electrons. The van der Waals surface area contributed by atoms with Crippen LogP contribution < -0.4 is 4.98 Å². The van der Waals surface area contributed by atoms with Crippen molar-refractivity contribution in [2.75, 3.05) is 0 Å². The predicted octanol–water partition coefficient (Wildman–Crippen LogP) is 7.00.